The van der Waals surface area contributed by atoms with E-state index in [1.54, 1.807) is 13.2 Å². The molecular formula is C16H27FN2O. The van der Waals surface area contributed by atoms with Crippen molar-refractivity contribution in [3.05, 3.63) is 29.6 Å². The second kappa shape index (κ2) is 8.22. The van der Waals surface area contributed by atoms with Crippen molar-refractivity contribution in [1.29, 1.82) is 0 Å². The van der Waals surface area contributed by atoms with E-state index in [0.717, 1.165) is 18.7 Å². The number of hydrogen-bond donors (Lipinski definition) is 1. The SMILES string of the molecule is CCC(N)Cc1c(F)cccc1N(CC)C(C)COC. The van der Waals surface area contributed by atoms with Gasteiger partial charge >= 0.3 is 0 Å². The van der Waals surface area contributed by atoms with Gasteiger partial charge in [-0.1, -0.05) is 13.0 Å². The van der Waals surface area contributed by atoms with Crippen LogP contribution in [0.2, 0.25) is 0 Å². The van der Waals surface area contributed by atoms with Gasteiger partial charge in [-0.3, -0.25) is 0 Å². The summed E-state index contributed by atoms with van der Waals surface area (Å²) >= 11 is 0. The fourth-order valence-electron chi connectivity index (χ4n) is 2.48. The van der Waals surface area contributed by atoms with Gasteiger partial charge in [0.2, 0.25) is 0 Å². The van der Waals surface area contributed by atoms with Crippen LogP contribution >= 0.6 is 0 Å². The highest BCUT2D eigenvalue weighted by Crippen LogP contribution is 2.26. The van der Waals surface area contributed by atoms with Crippen molar-refractivity contribution in [2.75, 3.05) is 25.2 Å². The average molecular weight is 282 g/mol. The number of likely N-dealkylation sites (N-methyl/N-ethyl adjacent to an activating group) is 1. The van der Waals surface area contributed by atoms with Gasteiger partial charge in [-0.05, 0) is 38.8 Å². The Kier molecular flexibility index (Phi) is 6.96. The number of anilines is 1. The van der Waals surface area contributed by atoms with Crippen molar-refractivity contribution in [2.24, 2.45) is 5.73 Å². The van der Waals surface area contributed by atoms with Gasteiger partial charge in [0.25, 0.3) is 0 Å². The van der Waals surface area contributed by atoms with E-state index in [1.807, 2.05) is 13.0 Å². The van der Waals surface area contributed by atoms with Gasteiger partial charge in [-0.15, -0.1) is 0 Å². The Labute approximate surface area is 121 Å². The second-order valence-corrected chi connectivity index (χ2v) is 5.20. The molecule has 0 heterocycles. The van der Waals surface area contributed by atoms with Gasteiger partial charge < -0.3 is 15.4 Å². The lowest BCUT2D eigenvalue weighted by atomic mass is 10.0. The van der Waals surface area contributed by atoms with Gasteiger partial charge in [-0.25, -0.2) is 4.39 Å². The van der Waals surface area contributed by atoms with Crippen LogP contribution in [0.1, 0.15) is 32.8 Å². The molecule has 0 radical (unpaired) electrons. The zero-order valence-corrected chi connectivity index (χ0v) is 13.0. The first-order valence-corrected chi connectivity index (χ1v) is 7.33. The van der Waals surface area contributed by atoms with Crippen molar-refractivity contribution in [2.45, 2.75) is 45.7 Å². The van der Waals surface area contributed by atoms with E-state index in [4.69, 9.17) is 10.5 Å². The molecule has 0 aliphatic carbocycles. The molecule has 2 N–H and O–H groups in total. The van der Waals surface area contributed by atoms with Crippen LogP contribution in [0, 0.1) is 5.82 Å². The summed E-state index contributed by atoms with van der Waals surface area (Å²) in [6.07, 6.45) is 1.40. The third-order valence-electron chi connectivity index (χ3n) is 3.67. The number of methoxy groups -OCH3 is 1. The zero-order chi connectivity index (χ0) is 15.1. The maximum atomic E-state index is 14.2. The fraction of sp³-hybridized carbons (Fsp3) is 0.625. The number of ether oxygens (including phenoxy) is 1. The Bertz CT molecular complexity index is 411. The Balaban J connectivity index is 3.11. The Hall–Kier alpha value is -1.13. The van der Waals surface area contributed by atoms with Crippen molar-refractivity contribution in [3.8, 4) is 0 Å². The van der Waals surface area contributed by atoms with Crippen LogP contribution in [0.3, 0.4) is 0 Å². The minimum Gasteiger partial charge on any atom is -0.383 e. The highest BCUT2D eigenvalue weighted by atomic mass is 19.1. The molecule has 0 spiro atoms. The molecule has 0 saturated heterocycles. The molecular weight excluding hydrogens is 255 g/mol. The number of nitrogens with zero attached hydrogens (tertiary/aromatic N) is 1. The topological polar surface area (TPSA) is 38.5 Å². The van der Waals surface area contributed by atoms with Crippen LogP contribution in [0.5, 0.6) is 0 Å². The van der Waals surface area contributed by atoms with Gasteiger partial charge in [0.15, 0.2) is 0 Å². The molecule has 1 aromatic carbocycles. The molecule has 3 nitrogen and oxygen atoms in total. The highest BCUT2D eigenvalue weighted by Gasteiger charge is 2.19. The quantitative estimate of drug-likeness (QED) is 0.796. The number of nitrogens with two attached hydrogens (primary N) is 1. The number of hydrogen-bond acceptors (Lipinski definition) is 3. The van der Waals surface area contributed by atoms with Crippen molar-refractivity contribution in [1.82, 2.24) is 0 Å². The predicted octanol–water partition coefficient (Wildman–Crippen LogP) is 2.97. The minimum atomic E-state index is -0.172. The smallest absolute Gasteiger partial charge is 0.128 e. The van der Waals surface area contributed by atoms with Crippen LogP contribution in [-0.2, 0) is 11.2 Å². The van der Waals surface area contributed by atoms with Crippen LogP contribution in [0.4, 0.5) is 10.1 Å². The maximum absolute atomic E-state index is 14.2. The molecule has 0 aliphatic rings. The lowest BCUT2D eigenvalue weighted by Gasteiger charge is -2.32. The van der Waals surface area contributed by atoms with Crippen LogP contribution in [0.15, 0.2) is 18.2 Å². The summed E-state index contributed by atoms with van der Waals surface area (Å²) in [6.45, 7) is 7.60. The molecule has 0 saturated carbocycles. The summed E-state index contributed by atoms with van der Waals surface area (Å²) in [4.78, 5) is 2.17. The lowest BCUT2D eigenvalue weighted by Crippen LogP contribution is -2.37. The number of halogens is 1. The molecule has 1 aromatic rings. The van der Waals surface area contributed by atoms with E-state index in [2.05, 4.69) is 18.7 Å². The summed E-state index contributed by atoms with van der Waals surface area (Å²) in [5, 5.41) is 0. The summed E-state index contributed by atoms with van der Waals surface area (Å²) in [5.41, 5.74) is 7.66. The molecule has 114 valence electrons. The Morgan fingerprint density at radius 1 is 1.35 bits per heavy atom. The molecule has 0 fully saturated rings. The Morgan fingerprint density at radius 3 is 2.60 bits per heavy atom. The lowest BCUT2D eigenvalue weighted by molar-refractivity contribution is 0.182. The molecule has 4 heteroatoms. The first-order valence-electron chi connectivity index (χ1n) is 7.33. The third kappa shape index (κ3) is 4.18. The van der Waals surface area contributed by atoms with Gasteiger partial charge in [-0.2, -0.15) is 0 Å². The molecule has 20 heavy (non-hydrogen) atoms. The summed E-state index contributed by atoms with van der Waals surface area (Å²) in [6, 6.07) is 5.42. The van der Waals surface area contributed by atoms with Crippen LogP contribution in [-0.4, -0.2) is 32.3 Å². The molecule has 0 amide bonds. The molecule has 0 aromatic heterocycles. The molecule has 2 unspecified atom stereocenters. The third-order valence-corrected chi connectivity index (χ3v) is 3.67. The van der Waals surface area contributed by atoms with Gasteiger partial charge in [0.1, 0.15) is 5.82 Å². The van der Waals surface area contributed by atoms with E-state index in [0.29, 0.717) is 18.6 Å². The Morgan fingerprint density at radius 2 is 2.05 bits per heavy atom. The standard InChI is InChI=1S/C16H27FN2O/c1-5-13(18)10-14-15(17)8-7-9-16(14)19(6-2)12(3)11-20-4/h7-9,12-13H,5-6,10-11,18H2,1-4H3. The van der Waals surface area contributed by atoms with Crippen LogP contribution < -0.4 is 10.6 Å². The van der Waals surface area contributed by atoms with Crippen molar-refractivity contribution in [3.63, 3.8) is 0 Å². The van der Waals surface area contributed by atoms with E-state index in [-0.39, 0.29) is 17.9 Å². The van der Waals surface area contributed by atoms with E-state index in [1.165, 1.54) is 6.07 Å². The summed E-state index contributed by atoms with van der Waals surface area (Å²) in [7, 11) is 1.68. The molecule has 1 rings (SSSR count). The maximum Gasteiger partial charge on any atom is 0.128 e. The fourth-order valence-corrected chi connectivity index (χ4v) is 2.48. The van der Waals surface area contributed by atoms with E-state index in [9.17, 15) is 4.39 Å². The first-order chi connectivity index (χ1) is 9.54. The first kappa shape index (κ1) is 16.9. The van der Waals surface area contributed by atoms with Crippen molar-refractivity contribution < 1.29 is 9.13 Å². The highest BCUT2D eigenvalue weighted by molar-refractivity contribution is 5.55. The summed E-state index contributed by atoms with van der Waals surface area (Å²) < 4.78 is 19.4. The molecule has 2 atom stereocenters. The molecule has 0 bridgehead atoms. The number of benzene rings is 1. The number of rotatable bonds is 8. The van der Waals surface area contributed by atoms with Crippen LogP contribution in [0.25, 0.3) is 0 Å². The minimum absolute atomic E-state index is 0.0120. The second-order valence-electron chi connectivity index (χ2n) is 5.20. The zero-order valence-electron chi connectivity index (χ0n) is 13.0. The normalized spacial score (nSPS) is 14.1. The largest absolute Gasteiger partial charge is 0.383 e. The van der Waals surface area contributed by atoms with Gasteiger partial charge in [0, 0.05) is 37.0 Å². The van der Waals surface area contributed by atoms with Crippen molar-refractivity contribution >= 4 is 5.69 Å². The predicted molar refractivity (Wildman–Crippen MR) is 82.7 cm³/mol. The van der Waals surface area contributed by atoms with Gasteiger partial charge in [0.05, 0.1) is 6.61 Å². The summed E-state index contributed by atoms with van der Waals surface area (Å²) in [5.74, 6) is -0.172. The average Bonchev–Trinajstić information content (AvgIpc) is 2.43. The van der Waals surface area contributed by atoms with E-state index < -0.39 is 0 Å². The van der Waals surface area contributed by atoms with E-state index >= 15 is 0 Å². The molecule has 0 aliphatic heterocycles. The monoisotopic (exact) mass is 282 g/mol.